The summed E-state index contributed by atoms with van der Waals surface area (Å²) >= 11 is 1.57. The standard InChI is InChI=1S/C10H7INO2S/c13-12(14)9-5-3-8(4-6-9)11-10-2-1-7-15-10/h1-7H/q+1. The number of nitrogens with zero attached hydrogens (tertiary/aromatic N) is 1. The summed E-state index contributed by atoms with van der Waals surface area (Å²) in [5.41, 5.74) is 0.161. The maximum absolute atomic E-state index is 10.4. The lowest BCUT2D eigenvalue weighted by Gasteiger charge is -1.87. The number of nitro groups is 1. The first-order chi connectivity index (χ1) is 7.25. The van der Waals surface area contributed by atoms with E-state index in [4.69, 9.17) is 0 Å². The lowest BCUT2D eigenvalue weighted by Crippen LogP contribution is -3.61. The van der Waals surface area contributed by atoms with Crippen molar-refractivity contribution >= 4 is 17.0 Å². The molecule has 3 nitrogen and oxygen atoms in total. The van der Waals surface area contributed by atoms with Gasteiger partial charge >= 0.3 is 21.2 Å². The molecule has 0 atom stereocenters. The van der Waals surface area contributed by atoms with Crippen LogP contribution in [0.5, 0.6) is 0 Å². The van der Waals surface area contributed by atoms with Crippen LogP contribution >= 0.6 is 11.3 Å². The molecule has 15 heavy (non-hydrogen) atoms. The van der Waals surface area contributed by atoms with Gasteiger partial charge in [0.15, 0.2) is 3.57 Å². The third-order valence-electron chi connectivity index (χ3n) is 1.73. The highest BCUT2D eigenvalue weighted by Crippen LogP contribution is 2.07. The van der Waals surface area contributed by atoms with Gasteiger partial charge in [-0.05, 0) is 23.6 Å². The maximum atomic E-state index is 10.4. The Bertz CT molecular complexity index is 453. The van der Waals surface area contributed by atoms with Crippen LogP contribution in [0.2, 0.25) is 0 Å². The van der Waals surface area contributed by atoms with Gasteiger partial charge in [-0.1, -0.05) is 11.3 Å². The molecule has 0 unspecified atom stereocenters. The lowest BCUT2D eigenvalue weighted by molar-refractivity contribution is -0.591. The van der Waals surface area contributed by atoms with Crippen LogP contribution in [0.3, 0.4) is 0 Å². The molecular weight excluding hydrogens is 325 g/mol. The molecule has 1 aromatic heterocycles. The fourth-order valence-electron chi connectivity index (χ4n) is 1.05. The van der Waals surface area contributed by atoms with Gasteiger partial charge in [-0.15, -0.1) is 0 Å². The molecule has 0 aliphatic heterocycles. The number of hydrogen-bond acceptors (Lipinski definition) is 3. The minimum atomic E-state index is -0.368. The van der Waals surface area contributed by atoms with Gasteiger partial charge in [0.1, 0.15) is 0 Å². The number of non-ortho nitro benzene ring substituents is 1. The number of halogens is 1. The van der Waals surface area contributed by atoms with Gasteiger partial charge in [-0.2, -0.15) is 0 Å². The van der Waals surface area contributed by atoms with Crippen LogP contribution in [0, 0.1) is 16.6 Å². The predicted octanol–water partition coefficient (Wildman–Crippen LogP) is -0.215. The molecule has 0 radical (unpaired) electrons. The van der Waals surface area contributed by atoms with Crippen molar-refractivity contribution in [3.63, 3.8) is 0 Å². The minimum Gasteiger partial charge on any atom is -0.258 e. The Hall–Kier alpha value is -0.950. The monoisotopic (exact) mass is 332 g/mol. The van der Waals surface area contributed by atoms with Crippen LogP contribution in [0.4, 0.5) is 5.69 Å². The number of thiophene rings is 1. The van der Waals surface area contributed by atoms with Crippen molar-refractivity contribution in [3.05, 3.63) is 58.3 Å². The molecule has 2 aromatic rings. The molecule has 0 N–H and O–H groups in total. The molecule has 0 amide bonds. The predicted molar refractivity (Wildman–Crippen MR) is 54.8 cm³/mol. The normalized spacial score (nSPS) is 10.1. The van der Waals surface area contributed by atoms with Crippen molar-refractivity contribution in [2.24, 2.45) is 0 Å². The van der Waals surface area contributed by atoms with Crippen molar-refractivity contribution < 1.29 is 26.1 Å². The van der Waals surface area contributed by atoms with Gasteiger partial charge in [0.25, 0.3) is 5.69 Å². The van der Waals surface area contributed by atoms with E-state index in [0.717, 1.165) is 0 Å². The van der Waals surface area contributed by atoms with E-state index < -0.39 is 0 Å². The number of rotatable bonds is 3. The SMILES string of the molecule is O=[N+]([O-])c1ccc([I+]c2cccs2)cc1. The van der Waals surface area contributed by atoms with E-state index in [1.807, 2.05) is 18.2 Å². The Morgan fingerprint density at radius 1 is 1.20 bits per heavy atom. The summed E-state index contributed by atoms with van der Waals surface area (Å²) in [5, 5.41) is 12.5. The van der Waals surface area contributed by atoms with Gasteiger partial charge in [-0.3, -0.25) is 10.1 Å². The van der Waals surface area contributed by atoms with Gasteiger partial charge < -0.3 is 0 Å². The van der Waals surface area contributed by atoms with E-state index in [2.05, 4.69) is 11.4 Å². The van der Waals surface area contributed by atoms with Gasteiger partial charge in [0.05, 0.1) is 4.92 Å². The van der Waals surface area contributed by atoms with Crippen LogP contribution in [0.1, 0.15) is 0 Å². The third kappa shape index (κ3) is 2.75. The highest BCUT2D eigenvalue weighted by Gasteiger charge is 2.17. The average Bonchev–Trinajstić information content (AvgIpc) is 2.71. The third-order valence-corrected chi connectivity index (χ3v) is 5.89. The molecule has 76 valence electrons. The second-order valence-electron chi connectivity index (χ2n) is 2.75. The largest absolute Gasteiger partial charge is 0.369 e. The molecule has 0 fully saturated rings. The van der Waals surface area contributed by atoms with Gasteiger partial charge in [-0.25, -0.2) is 0 Å². The number of nitro benzene ring substituents is 1. The van der Waals surface area contributed by atoms with Crippen molar-refractivity contribution in [2.45, 2.75) is 0 Å². The smallest absolute Gasteiger partial charge is 0.258 e. The van der Waals surface area contributed by atoms with E-state index in [1.54, 1.807) is 23.5 Å². The summed E-state index contributed by atoms with van der Waals surface area (Å²) in [6, 6.07) is 11.0. The molecule has 0 spiro atoms. The summed E-state index contributed by atoms with van der Waals surface area (Å²) in [6.45, 7) is 0. The molecule has 1 heterocycles. The minimum absolute atomic E-state index is 0.161. The Morgan fingerprint density at radius 2 is 1.93 bits per heavy atom. The van der Waals surface area contributed by atoms with Crippen LogP contribution in [-0.4, -0.2) is 4.92 Å². The van der Waals surface area contributed by atoms with Crippen molar-refractivity contribution in [1.82, 2.24) is 0 Å². The second-order valence-corrected chi connectivity index (χ2v) is 7.37. The Kier molecular flexibility index (Phi) is 3.32. The first-order valence-corrected chi connectivity index (χ1v) is 7.22. The zero-order valence-corrected chi connectivity index (χ0v) is 10.6. The molecule has 0 aliphatic rings. The van der Waals surface area contributed by atoms with Crippen LogP contribution in [0.25, 0.3) is 0 Å². The van der Waals surface area contributed by atoms with E-state index in [9.17, 15) is 10.1 Å². The molecule has 0 aliphatic carbocycles. The summed E-state index contributed by atoms with van der Waals surface area (Å²) in [4.78, 5) is 10.1. The molecule has 1 aromatic carbocycles. The van der Waals surface area contributed by atoms with Crippen molar-refractivity contribution in [3.8, 4) is 0 Å². The average molecular weight is 332 g/mol. The van der Waals surface area contributed by atoms with Crippen LogP contribution < -0.4 is 21.2 Å². The fraction of sp³-hybridized carbons (Fsp3) is 0. The fourth-order valence-corrected chi connectivity index (χ4v) is 4.67. The highest BCUT2D eigenvalue weighted by molar-refractivity contribution is 7.07. The topological polar surface area (TPSA) is 43.1 Å². The van der Waals surface area contributed by atoms with Crippen LogP contribution in [-0.2, 0) is 0 Å². The summed E-state index contributed by atoms with van der Waals surface area (Å²) in [6.07, 6.45) is 0. The number of benzene rings is 1. The second kappa shape index (κ2) is 4.71. The zero-order valence-electron chi connectivity index (χ0n) is 7.59. The van der Waals surface area contributed by atoms with Crippen LogP contribution in [0.15, 0.2) is 41.8 Å². The Balaban J connectivity index is 2.14. The number of hydrogen-bond donors (Lipinski definition) is 0. The van der Waals surface area contributed by atoms with Crippen molar-refractivity contribution in [2.75, 3.05) is 0 Å². The van der Waals surface area contributed by atoms with E-state index >= 15 is 0 Å². The van der Waals surface area contributed by atoms with Gasteiger partial charge in [0, 0.05) is 18.2 Å². The Morgan fingerprint density at radius 3 is 2.47 bits per heavy atom. The summed E-state index contributed by atoms with van der Waals surface area (Å²) in [5.74, 6) is 0. The maximum Gasteiger partial charge on any atom is 0.369 e. The lowest BCUT2D eigenvalue weighted by atomic mass is 10.3. The first kappa shape index (κ1) is 10.6. The molecule has 2 rings (SSSR count). The molecular formula is C10H7INO2S+. The molecule has 0 saturated heterocycles. The van der Waals surface area contributed by atoms with E-state index in [-0.39, 0.29) is 31.8 Å². The molecule has 0 saturated carbocycles. The summed E-state index contributed by atoms with van der Waals surface area (Å²) in [7, 11) is 0. The van der Waals surface area contributed by atoms with Crippen molar-refractivity contribution in [1.29, 1.82) is 0 Å². The van der Waals surface area contributed by atoms with Gasteiger partial charge in [0.2, 0.25) is 2.88 Å². The molecule has 5 heteroatoms. The first-order valence-electron chi connectivity index (χ1n) is 4.18. The zero-order chi connectivity index (χ0) is 10.7. The quantitative estimate of drug-likeness (QED) is 0.443. The Labute approximate surface area is 101 Å². The molecule has 0 bridgehead atoms. The van der Waals surface area contributed by atoms with E-state index in [0.29, 0.717) is 0 Å². The summed E-state index contributed by atoms with van der Waals surface area (Å²) < 4.78 is 2.59. The van der Waals surface area contributed by atoms with E-state index in [1.165, 1.54) is 6.45 Å². The highest BCUT2D eigenvalue weighted by atomic mass is 127.